The van der Waals surface area contributed by atoms with Crippen molar-refractivity contribution < 1.29 is 33.9 Å². The smallest absolute Gasteiger partial charge is 0.325 e. The van der Waals surface area contributed by atoms with Crippen LogP contribution in [-0.2, 0) is 35.2 Å². The number of benzene rings is 1. The number of hydrogen-bond acceptors (Lipinski definition) is 7. The SMILES string of the molecule is CC(NC(=O)C(CC(N)=O)NC(=O)C(Cc1c[nH]c2ccccc12)NC(=O)C(N)CC(N)=O)C(=O)O. The van der Waals surface area contributed by atoms with Gasteiger partial charge in [-0.05, 0) is 18.6 Å². The number of nitrogens with two attached hydrogens (primary N) is 3. The van der Waals surface area contributed by atoms with Crippen LogP contribution in [0.3, 0.4) is 0 Å². The summed E-state index contributed by atoms with van der Waals surface area (Å²) in [6.45, 7) is 1.20. The van der Waals surface area contributed by atoms with Crippen LogP contribution >= 0.6 is 0 Å². The lowest BCUT2D eigenvalue weighted by Gasteiger charge is -2.24. The molecule has 0 aliphatic rings. The molecule has 194 valence electrons. The standard InChI is InChI=1S/C22H29N7O7/c1-10(22(35)36)27-20(33)16(8-18(25)31)29-21(34)15(28-19(32)13(23)7-17(24)30)6-11-9-26-14-5-3-2-4-12(11)14/h2-5,9-10,13,15-16,26H,6-8,23H2,1H3,(H2,24,30)(H2,25,31)(H,27,33)(H,28,32)(H,29,34)(H,35,36). The second-order valence-electron chi connectivity index (χ2n) is 8.20. The summed E-state index contributed by atoms with van der Waals surface area (Å²) in [5.74, 6) is -5.76. The predicted octanol–water partition coefficient (Wildman–Crippen LogP) is -2.65. The van der Waals surface area contributed by atoms with E-state index in [9.17, 15) is 28.8 Å². The molecule has 1 heterocycles. The second kappa shape index (κ2) is 12.3. The summed E-state index contributed by atoms with van der Waals surface area (Å²) in [6, 6.07) is 1.75. The van der Waals surface area contributed by atoms with Gasteiger partial charge in [0.25, 0.3) is 0 Å². The van der Waals surface area contributed by atoms with Gasteiger partial charge in [0.2, 0.25) is 29.5 Å². The first-order valence-corrected chi connectivity index (χ1v) is 10.9. The Bertz CT molecular complexity index is 1160. The molecule has 0 bridgehead atoms. The van der Waals surface area contributed by atoms with E-state index >= 15 is 0 Å². The number of aromatic nitrogens is 1. The third kappa shape index (κ3) is 7.80. The highest BCUT2D eigenvalue weighted by molar-refractivity contribution is 5.97. The van der Waals surface area contributed by atoms with Crippen molar-refractivity contribution in [3.63, 3.8) is 0 Å². The zero-order chi connectivity index (χ0) is 27.0. The van der Waals surface area contributed by atoms with Crippen molar-refractivity contribution in [1.29, 1.82) is 0 Å². The van der Waals surface area contributed by atoms with Gasteiger partial charge >= 0.3 is 5.97 Å². The maximum Gasteiger partial charge on any atom is 0.325 e. The van der Waals surface area contributed by atoms with Crippen molar-refractivity contribution in [3.05, 3.63) is 36.0 Å². The van der Waals surface area contributed by atoms with E-state index in [1.807, 2.05) is 12.1 Å². The number of fused-ring (bicyclic) bond motifs is 1. The molecule has 14 heteroatoms. The fourth-order valence-electron chi connectivity index (χ4n) is 3.38. The number of aromatic amines is 1. The number of carboxylic acids is 1. The van der Waals surface area contributed by atoms with Gasteiger partial charge in [0.1, 0.15) is 18.1 Å². The number of aliphatic carboxylic acids is 1. The Morgan fingerprint density at radius 3 is 2.08 bits per heavy atom. The van der Waals surface area contributed by atoms with Gasteiger partial charge in [0.15, 0.2) is 0 Å². The molecule has 2 aromatic rings. The molecule has 4 unspecified atom stereocenters. The van der Waals surface area contributed by atoms with Crippen LogP contribution < -0.4 is 33.2 Å². The molecule has 36 heavy (non-hydrogen) atoms. The van der Waals surface area contributed by atoms with Gasteiger partial charge in [-0.15, -0.1) is 0 Å². The first-order valence-electron chi connectivity index (χ1n) is 10.9. The van der Waals surface area contributed by atoms with E-state index in [1.54, 1.807) is 18.3 Å². The first-order chi connectivity index (χ1) is 16.9. The molecule has 2 rings (SSSR count). The molecule has 0 aliphatic carbocycles. The Kier molecular flexibility index (Phi) is 9.50. The quantitative estimate of drug-likeness (QED) is 0.143. The highest BCUT2D eigenvalue weighted by Gasteiger charge is 2.31. The van der Waals surface area contributed by atoms with E-state index < -0.39 is 72.5 Å². The largest absolute Gasteiger partial charge is 0.480 e. The molecule has 0 saturated carbocycles. The molecule has 11 N–H and O–H groups in total. The highest BCUT2D eigenvalue weighted by Crippen LogP contribution is 2.19. The van der Waals surface area contributed by atoms with E-state index in [-0.39, 0.29) is 6.42 Å². The summed E-state index contributed by atoms with van der Waals surface area (Å²) >= 11 is 0. The van der Waals surface area contributed by atoms with E-state index in [0.717, 1.165) is 10.9 Å². The molecule has 14 nitrogen and oxygen atoms in total. The number of rotatable bonds is 13. The molecule has 1 aromatic carbocycles. The molecular formula is C22H29N7O7. The second-order valence-corrected chi connectivity index (χ2v) is 8.20. The summed E-state index contributed by atoms with van der Waals surface area (Å²) in [5.41, 5.74) is 17.4. The van der Waals surface area contributed by atoms with Crippen molar-refractivity contribution in [1.82, 2.24) is 20.9 Å². The van der Waals surface area contributed by atoms with Crippen molar-refractivity contribution in [2.75, 3.05) is 0 Å². The van der Waals surface area contributed by atoms with Crippen LogP contribution in [0.4, 0.5) is 0 Å². The third-order valence-corrected chi connectivity index (χ3v) is 5.26. The Morgan fingerprint density at radius 1 is 0.889 bits per heavy atom. The summed E-state index contributed by atoms with van der Waals surface area (Å²) < 4.78 is 0. The minimum absolute atomic E-state index is 0.0542. The average molecular weight is 504 g/mol. The summed E-state index contributed by atoms with van der Waals surface area (Å²) in [5, 5.41) is 16.7. The molecule has 4 atom stereocenters. The number of carbonyl (C=O) groups is 6. The number of H-pyrrole nitrogens is 1. The van der Waals surface area contributed by atoms with Gasteiger partial charge in [-0.25, -0.2) is 0 Å². The molecule has 0 spiro atoms. The Morgan fingerprint density at radius 2 is 1.47 bits per heavy atom. The molecule has 1 aromatic heterocycles. The minimum Gasteiger partial charge on any atom is -0.480 e. The van der Waals surface area contributed by atoms with Crippen LogP contribution in [0.5, 0.6) is 0 Å². The first kappa shape index (κ1) is 27.8. The number of nitrogens with one attached hydrogen (secondary N) is 4. The number of para-hydroxylation sites is 1. The average Bonchev–Trinajstić information content (AvgIpc) is 3.20. The molecule has 0 radical (unpaired) electrons. The van der Waals surface area contributed by atoms with E-state index in [1.165, 1.54) is 6.92 Å². The predicted molar refractivity (Wildman–Crippen MR) is 127 cm³/mol. The van der Waals surface area contributed by atoms with Gasteiger partial charge in [0.05, 0.1) is 18.9 Å². The lowest BCUT2D eigenvalue weighted by atomic mass is 10.0. The molecule has 0 aliphatic heterocycles. The van der Waals surface area contributed by atoms with Crippen LogP contribution in [0.1, 0.15) is 25.3 Å². The van der Waals surface area contributed by atoms with E-state index in [4.69, 9.17) is 22.3 Å². The number of hydrogen-bond donors (Lipinski definition) is 8. The normalized spacial score (nSPS) is 14.2. The molecular weight excluding hydrogens is 474 g/mol. The molecule has 0 saturated heterocycles. The van der Waals surface area contributed by atoms with Gasteiger partial charge in [-0.2, -0.15) is 0 Å². The van der Waals surface area contributed by atoms with Crippen LogP contribution in [0.25, 0.3) is 10.9 Å². The lowest BCUT2D eigenvalue weighted by molar-refractivity contribution is -0.142. The highest BCUT2D eigenvalue weighted by atomic mass is 16.4. The third-order valence-electron chi connectivity index (χ3n) is 5.26. The van der Waals surface area contributed by atoms with Crippen molar-refractivity contribution >= 4 is 46.4 Å². The van der Waals surface area contributed by atoms with Gasteiger partial charge < -0.3 is 43.2 Å². The topological polar surface area (TPSA) is 253 Å². The van der Waals surface area contributed by atoms with Crippen molar-refractivity contribution in [2.45, 2.75) is 50.4 Å². The fourth-order valence-corrected chi connectivity index (χ4v) is 3.38. The van der Waals surface area contributed by atoms with Gasteiger partial charge in [0, 0.05) is 23.5 Å². The minimum atomic E-state index is -1.52. The fraction of sp³-hybridized carbons (Fsp3) is 0.364. The molecule has 5 amide bonds. The Hall–Kier alpha value is -4.46. The monoisotopic (exact) mass is 503 g/mol. The van der Waals surface area contributed by atoms with Crippen LogP contribution in [-0.4, -0.2) is 69.8 Å². The maximum absolute atomic E-state index is 13.2. The van der Waals surface area contributed by atoms with E-state index in [2.05, 4.69) is 20.9 Å². The summed E-state index contributed by atoms with van der Waals surface area (Å²) in [6.07, 6.45) is 0.496. The Balaban J connectivity index is 2.30. The number of amides is 5. The number of primary amides is 2. The number of carbonyl (C=O) groups excluding carboxylic acids is 5. The Labute approximate surface area is 205 Å². The maximum atomic E-state index is 13.2. The summed E-state index contributed by atoms with van der Waals surface area (Å²) in [4.78, 5) is 75.0. The molecule has 0 fully saturated rings. The van der Waals surface area contributed by atoms with E-state index in [0.29, 0.717) is 5.56 Å². The zero-order valence-electron chi connectivity index (χ0n) is 19.4. The van der Waals surface area contributed by atoms with Gasteiger partial charge in [-0.3, -0.25) is 28.8 Å². The van der Waals surface area contributed by atoms with Crippen molar-refractivity contribution in [2.24, 2.45) is 17.2 Å². The lowest BCUT2D eigenvalue weighted by Crippen LogP contribution is -2.58. The zero-order valence-corrected chi connectivity index (χ0v) is 19.4. The van der Waals surface area contributed by atoms with Crippen LogP contribution in [0, 0.1) is 0 Å². The number of carboxylic acid groups (broad SMARTS) is 1. The summed E-state index contributed by atoms with van der Waals surface area (Å²) in [7, 11) is 0. The van der Waals surface area contributed by atoms with Crippen LogP contribution in [0.2, 0.25) is 0 Å². The van der Waals surface area contributed by atoms with Crippen molar-refractivity contribution in [3.8, 4) is 0 Å². The van der Waals surface area contributed by atoms with Gasteiger partial charge in [-0.1, -0.05) is 18.2 Å². The van der Waals surface area contributed by atoms with Crippen LogP contribution in [0.15, 0.2) is 30.5 Å².